The van der Waals surface area contributed by atoms with Crippen molar-refractivity contribution in [1.29, 1.82) is 0 Å². The monoisotopic (exact) mass is 161 g/mol. The molecule has 0 spiro atoms. The molecule has 0 unspecified atom stereocenters. The van der Waals surface area contributed by atoms with Gasteiger partial charge in [0.25, 0.3) is 6.20 Å². The Hall–Kier alpha value is -1.34. The lowest BCUT2D eigenvalue weighted by molar-refractivity contribution is -0.404. The molecule has 11 heavy (non-hydrogen) atoms. The summed E-state index contributed by atoms with van der Waals surface area (Å²) in [6, 6.07) is 0. The molecule has 0 saturated heterocycles. The summed E-state index contributed by atoms with van der Waals surface area (Å²) in [6.45, 7) is 0. The fraction of sp³-hybridized carbons (Fsp3) is 0.500. The molecule has 0 aliphatic heterocycles. The highest BCUT2D eigenvalue weighted by Crippen LogP contribution is 1.81. The summed E-state index contributed by atoms with van der Waals surface area (Å²) in [4.78, 5) is 9.32. The standard InChI is InChI=1S/C4H11N5O2/c1-8(2)7-4(6-5)3-9(10)11/h3,6-7H,5H2,1-2H3. The molecule has 0 fully saturated rings. The largest absolute Gasteiger partial charge is 0.304 e. The SMILES string of the molecule is CN(C)NC(=C[N+](=O)[O-])NN. The van der Waals surface area contributed by atoms with Crippen molar-refractivity contribution in [3.05, 3.63) is 22.1 Å². The van der Waals surface area contributed by atoms with Crippen molar-refractivity contribution in [2.45, 2.75) is 0 Å². The van der Waals surface area contributed by atoms with Gasteiger partial charge in [-0.05, 0) is 0 Å². The van der Waals surface area contributed by atoms with Gasteiger partial charge in [0.2, 0.25) is 0 Å². The minimum Gasteiger partial charge on any atom is -0.304 e. The predicted molar refractivity (Wildman–Crippen MR) is 39.2 cm³/mol. The summed E-state index contributed by atoms with van der Waals surface area (Å²) >= 11 is 0. The van der Waals surface area contributed by atoms with Gasteiger partial charge >= 0.3 is 0 Å². The highest BCUT2D eigenvalue weighted by atomic mass is 16.6. The third-order valence-corrected chi connectivity index (χ3v) is 0.734. The molecule has 0 bridgehead atoms. The number of rotatable bonds is 4. The van der Waals surface area contributed by atoms with Gasteiger partial charge in [0.15, 0.2) is 5.82 Å². The predicted octanol–water partition coefficient (Wildman–Crippen LogP) is -1.41. The molecule has 0 aliphatic carbocycles. The topological polar surface area (TPSA) is 96.5 Å². The first kappa shape index (κ1) is 9.66. The van der Waals surface area contributed by atoms with Crippen molar-refractivity contribution in [3.8, 4) is 0 Å². The number of hydrazine groups is 2. The quantitative estimate of drug-likeness (QED) is 0.266. The zero-order valence-electron chi connectivity index (χ0n) is 6.37. The summed E-state index contributed by atoms with van der Waals surface area (Å²) in [6.07, 6.45) is 0.736. The maximum atomic E-state index is 9.93. The summed E-state index contributed by atoms with van der Waals surface area (Å²) in [7, 11) is 3.37. The summed E-state index contributed by atoms with van der Waals surface area (Å²) in [5, 5.41) is 11.4. The maximum absolute atomic E-state index is 9.93. The number of hydrogen-bond acceptors (Lipinski definition) is 6. The molecule has 0 radical (unpaired) electrons. The van der Waals surface area contributed by atoms with E-state index >= 15 is 0 Å². The fourth-order valence-electron chi connectivity index (χ4n) is 0.445. The molecular weight excluding hydrogens is 150 g/mol. The highest BCUT2D eigenvalue weighted by molar-refractivity contribution is 4.87. The van der Waals surface area contributed by atoms with Gasteiger partial charge in [0, 0.05) is 14.1 Å². The first-order valence-electron chi connectivity index (χ1n) is 2.82. The van der Waals surface area contributed by atoms with Gasteiger partial charge in [0.1, 0.15) is 0 Å². The van der Waals surface area contributed by atoms with Gasteiger partial charge in [-0.15, -0.1) is 0 Å². The van der Waals surface area contributed by atoms with Crippen LogP contribution in [0.2, 0.25) is 0 Å². The minimum atomic E-state index is -0.605. The molecule has 64 valence electrons. The van der Waals surface area contributed by atoms with Crippen LogP contribution in [0.1, 0.15) is 0 Å². The van der Waals surface area contributed by atoms with Crippen LogP contribution in [-0.2, 0) is 0 Å². The third-order valence-electron chi connectivity index (χ3n) is 0.734. The Balaban J connectivity index is 4.05. The van der Waals surface area contributed by atoms with Crippen LogP contribution >= 0.6 is 0 Å². The van der Waals surface area contributed by atoms with Gasteiger partial charge < -0.3 is 5.43 Å². The molecule has 0 amide bonds. The van der Waals surface area contributed by atoms with E-state index in [1.165, 1.54) is 5.01 Å². The van der Waals surface area contributed by atoms with Crippen LogP contribution in [0.25, 0.3) is 0 Å². The van der Waals surface area contributed by atoms with Gasteiger partial charge in [-0.1, -0.05) is 0 Å². The van der Waals surface area contributed by atoms with Crippen LogP contribution in [0.15, 0.2) is 12.0 Å². The third kappa shape index (κ3) is 5.12. The van der Waals surface area contributed by atoms with Gasteiger partial charge in [-0.2, -0.15) is 0 Å². The minimum absolute atomic E-state index is 0.125. The second kappa shape index (κ2) is 4.47. The van der Waals surface area contributed by atoms with E-state index in [1.807, 2.05) is 0 Å². The van der Waals surface area contributed by atoms with Crippen LogP contribution < -0.4 is 16.7 Å². The van der Waals surface area contributed by atoms with E-state index < -0.39 is 4.92 Å². The Morgan fingerprint density at radius 3 is 2.55 bits per heavy atom. The van der Waals surface area contributed by atoms with Gasteiger partial charge in [-0.25, -0.2) is 10.9 Å². The molecule has 7 nitrogen and oxygen atoms in total. The van der Waals surface area contributed by atoms with Crippen molar-refractivity contribution in [2.24, 2.45) is 5.84 Å². The molecule has 0 rings (SSSR count). The molecule has 0 aliphatic rings. The van der Waals surface area contributed by atoms with E-state index in [4.69, 9.17) is 5.84 Å². The molecule has 0 aromatic carbocycles. The van der Waals surface area contributed by atoms with Crippen LogP contribution in [0.5, 0.6) is 0 Å². The van der Waals surface area contributed by atoms with Crippen molar-refractivity contribution in [1.82, 2.24) is 15.9 Å². The van der Waals surface area contributed by atoms with Crippen LogP contribution in [0.4, 0.5) is 0 Å². The first-order chi connectivity index (χ1) is 5.06. The van der Waals surface area contributed by atoms with Crippen molar-refractivity contribution in [2.75, 3.05) is 14.1 Å². The average Bonchev–Trinajstić information content (AvgIpc) is 1.84. The molecule has 0 saturated carbocycles. The molecular formula is C4H11N5O2. The van der Waals surface area contributed by atoms with Crippen LogP contribution in [-0.4, -0.2) is 24.0 Å². The Kier molecular flexibility index (Phi) is 3.93. The van der Waals surface area contributed by atoms with E-state index in [0.29, 0.717) is 0 Å². The van der Waals surface area contributed by atoms with Gasteiger partial charge in [-0.3, -0.25) is 15.5 Å². The maximum Gasteiger partial charge on any atom is 0.276 e. The van der Waals surface area contributed by atoms with Crippen molar-refractivity contribution >= 4 is 0 Å². The number of nitrogens with one attached hydrogen (secondary N) is 2. The smallest absolute Gasteiger partial charge is 0.276 e. The fourth-order valence-corrected chi connectivity index (χ4v) is 0.445. The lowest BCUT2D eigenvalue weighted by atomic mass is 10.8. The Morgan fingerprint density at radius 2 is 2.27 bits per heavy atom. The summed E-state index contributed by atoms with van der Waals surface area (Å²) < 4.78 is 0. The lowest BCUT2D eigenvalue weighted by Gasteiger charge is -2.13. The molecule has 0 aromatic rings. The van der Waals surface area contributed by atoms with E-state index in [0.717, 1.165) is 6.20 Å². The zero-order valence-corrected chi connectivity index (χ0v) is 6.37. The second-order valence-electron chi connectivity index (χ2n) is 1.98. The Morgan fingerprint density at radius 1 is 1.73 bits per heavy atom. The molecule has 7 heteroatoms. The van der Waals surface area contributed by atoms with Crippen molar-refractivity contribution < 1.29 is 4.92 Å². The lowest BCUT2D eigenvalue weighted by Crippen LogP contribution is -2.39. The van der Waals surface area contributed by atoms with Crippen molar-refractivity contribution in [3.63, 3.8) is 0 Å². The Bertz CT molecular complexity index is 166. The van der Waals surface area contributed by atoms with E-state index in [1.54, 1.807) is 14.1 Å². The Labute approximate surface area is 63.9 Å². The van der Waals surface area contributed by atoms with Crippen LogP contribution in [0, 0.1) is 10.1 Å². The van der Waals surface area contributed by atoms with Crippen LogP contribution in [0.3, 0.4) is 0 Å². The normalized spacial score (nSPS) is 11.5. The summed E-state index contributed by atoms with van der Waals surface area (Å²) in [5.74, 6) is 5.08. The average molecular weight is 161 g/mol. The first-order valence-corrected chi connectivity index (χ1v) is 2.82. The number of nitrogens with zero attached hydrogens (tertiary/aromatic N) is 2. The van der Waals surface area contributed by atoms with E-state index in [-0.39, 0.29) is 5.82 Å². The summed E-state index contributed by atoms with van der Waals surface area (Å²) in [5.41, 5.74) is 4.71. The van der Waals surface area contributed by atoms with E-state index in [2.05, 4.69) is 10.9 Å². The van der Waals surface area contributed by atoms with Gasteiger partial charge in [0.05, 0.1) is 4.92 Å². The molecule has 0 atom stereocenters. The molecule has 4 N–H and O–H groups in total. The molecule has 0 aromatic heterocycles. The van der Waals surface area contributed by atoms with E-state index in [9.17, 15) is 10.1 Å². The second-order valence-corrected chi connectivity index (χ2v) is 1.98. The zero-order chi connectivity index (χ0) is 8.85. The highest BCUT2D eigenvalue weighted by Gasteiger charge is 1.99. The number of hydrogen-bond donors (Lipinski definition) is 3. The number of nitro groups is 1. The molecule has 0 heterocycles. The number of nitrogens with two attached hydrogens (primary N) is 1.